The van der Waals surface area contributed by atoms with Crippen molar-refractivity contribution in [2.24, 2.45) is 0 Å². The highest BCUT2D eigenvalue weighted by molar-refractivity contribution is 5.47. The fraction of sp³-hybridized carbons (Fsp3) is 0.643. The standard InChI is InChI=1S/C14H19F3N4/c15-14(16,17)13-9-11(2-4-19-13)20-5-7-21(8-6-20)12-1-3-18-10-12/h2,4,9,12,18H,1,3,5-8,10H2. The van der Waals surface area contributed by atoms with Crippen molar-refractivity contribution >= 4 is 5.69 Å². The lowest BCUT2D eigenvalue weighted by Gasteiger charge is -2.39. The van der Waals surface area contributed by atoms with Crippen LogP contribution < -0.4 is 10.2 Å². The first-order chi connectivity index (χ1) is 10.0. The fourth-order valence-corrected chi connectivity index (χ4v) is 3.07. The van der Waals surface area contributed by atoms with Crippen LogP contribution in [0.4, 0.5) is 18.9 Å². The molecule has 1 atom stereocenters. The Hall–Kier alpha value is -1.34. The minimum Gasteiger partial charge on any atom is -0.369 e. The zero-order valence-corrected chi connectivity index (χ0v) is 11.7. The van der Waals surface area contributed by atoms with E-state index in [1.165, 1.54) is 6.20 Å². The molecule has 4 nitrogen and oxygen atoms in total. The van der Waals surface area contributed by atoms with Gasteiger partial charge in [0.05, 0.1) is 0 Å². The van der Waals surface area contributed by atoms with Crippen LogP contribution in [-0.4, -0.2) is 55.2 Å². The summed E-state index contributed by atoms with van der Waals surface area (Å²) >= 11 is 0. The number of nitrogens with zero attached hydrogens (tertiary/aromatic N) is 3. The van der Waals surface area contributed by atoms with Gasteiger partial charge in [0.15, 0.2) is 0 Å². The van der Waals surface area contributed by atoms with Crippen LogP contribution in [0.3, 0.4) is 0 Å². The first-order valence-electron chi connectivity index (χ1n) is 7.27. The molecule has 2 fully saturated rings. The number of anilines is 1. The summed E-state index contributed by atoms with van der Waals surface area (Å²) in [6, 6.07) is 3.38. The lowest BCUT2D eigenvalue weighted by Crippen LogP contribution is -2.51. The molecule has 0 aromatic carbocycles. The molecule has 1 aromatic rings. The van der Waals surface area contributed by atoms with Crippen LogP contribution >= 0.6 is 0 Å². The Morgan fingerprint density at radius 3 is 2.57 bits per heavy atom. The molecule has 2 saturated heterocycles. The fourth-order valence-electron chi connectivity index (χ4n) is 3.07. The Kier molecular flexibility index (Phi) is 4.03. The minimum atomic E-state index is -4.38. The molecule has 1 aromatic heterocycles. The monoisotopic (exact) mass is 300 g/mol. The van der Waals surface area contributed by atoms with Crippen molar-refractivity contribution in [1.82, 2.24) is 15.2 Å². The van der Waals surface area contributed by atoms with Gasteiger partial charge in [0.25, 0.3) is 0 Å². The molecule has 116 valence electrons. The molecular weight excluding hydrogens is 281 g/mol. The minimum absolute atomic E-state index is 0.579. The molecule has 0 aliphatic carbocycles. The molecule has 21 heavy (non-hydrogen) atoms. The van der Waals surface area contributed by atoms with Crippen molar-refractivity contribution < 1.29 is 13.2 Å². The van der Waals surface area contributed by atoms with Crippen LogP contribution in [0.15, 0.2) is 18.3 Å². The van der Waals surface area contributed by atoms with E-state index >= 15 is 0 Å². The van der Waals surface area contributed by atoms with Gasteiger partial charge in [-0.2, -0.15) is 13.2 Å². The van der Waals surface area contributed by atoms with Gasteiger partial charge in [0, 0.05) is 50.6 Å². The van der Waals surface area contributed by atoms with Crippen LogP contribution in [0.5, 0.6) is 0 Å². The Morgan fingerprint density at radius 2 is 1.95 bits per heavy atom. The lowest BCUT2D eigenvalue weighted by atomic mass is 10.1. The highest BCUT2D eigenvalue weighted by atomic mass is 19.4. The predicted molar refractivity (Wildman–Crippen MR) is 74.3 cm³/mol. The average Bonchev–Trinajstić information content (AvgIpc) is 3.01. The number of alkyl halides is 3. The molecule has 2 aliphatic heterocycles. The maximum Gasteiger partial charge on any atom is 0.433 e. The largest absolute Gasteiger partial charge is 0.433 e. The van der Waals surface area contributed by atoms with Crippen LogP contribution in [0.25, 0.3) is 0 Å². The van der Waals surface area contributed by atoms with Gasteiger partial charge in [-0.3, -0.25) is 9.88 Å². The highest BCUT2D eigenvalue weighted by Gasteiger charge is 2.33. The molecule has 1 unspecified atom stereocenters. The van der Waals surface area contributed by atoms with Crippen molar-refractivity contribution in [3.8, 4) is 0 Å². The highest BCUT2D eigenvalue weighted by Crippen LogP contribution is 2.30. The van der Waals surface area contributed by atoms with Gasteiger partial charge >= 0.3 is 6.18 Å². The van der Waals surface area contributed by atoms with Gasteiger partial charge in [-0.1, -0.05) is 0 Å². The maximum absolute atomic E-state index is 12.7. The zero-order chi connectivity index (χ0) is 14.9. The summed E-state index contributed by atoms with van der Waals surface area (Å²) < 4.78 is 38.1. The summed E-state index contributed by atoms with van der Waals surface area (Å²) in [7, 11) is 0. The van der Waals surface area contributed by atoms with Gasteiger partial charge < -0.3 is 10.2 Å². The Balaban J connectivity index is 1.64. The van der Waals surface area contributed by atoms with E-state index in [9.17, 15) is 13.2 Å². The van der Waals surface area contributed by atoms with Crippen molar-refractivity contribution in [3.63, 3.8) is 0 Å². The summed E-state index contributed by atoms with van der Waals surface area (Å²) in [5, 5.41) is 3.35. The smallest absolute Gasteiger partial charge is 0.369 e. The molecule has 2 aliphatic rings. The van der Waals surface area contributed by atoms with Crippen molar-refractivity contribution in [3.05, 3.63) is 24.0 Å². The molecule has 0 radical (unpaired) electrons. The van der Waals surface area contributed by atoms with E-state index in [2.05, 4.69) is 15.2 Å². The first kappa shape index (κ1) is 14.6. The zero-order valence-electron chi connectivity index (χ0n) is 11.7. The number of pyridine rings is 1. The third-order valence-corrected chi connectivity index (χ3v) is 4.26. The van der Waals surface area contributed by atoms with Gasteiger partial charge in [-0.25, -0.2) is 0 Å². The van der Waals surface area contributed by atoms with E-state index in [1.807, 2.05) is 4.90 Å². The number of hydrogen-bond acceptors (Lipinski definition) is 4. The molecular formula is C14H19F3N4. The summed E-state index contributed by atoms with van der Waals surface area (Å²) in [5.74, 6) is 0. The Labute approximate surface area is 121 Å². The van der Waals surface area contributed by atoms with Crippen molar-refractivity contribution in [2.75, 3.05) is 44.2 Å². The second-order valence-corrected chi connectivity index (χ2v) is 5.57. The number of rotatable bonds is 2. The van der Waals surface area contributed by atoms with Crippen LogP contribution in [-0.2, 0) is 6.18 Å². The van der Waals surface area contributed by atoms with E-state index in [0.717, 1.165) is 51.8 Å². The summed E-state index contributed by atoms with van der Waals surface area (Å²) in [6.07, 6.45) is -1.98. The molecule has 7 heteroatoms. The lowest BCUT2D eigenvalue weighted by molar-refractivity contribution is -0.141. The third kappa shape index (κ3) is 3.29. The molecule has 0 spiro atoms. The average molecular weight is 300 g/mol. The SMILES string of the molecule is FC(F)(F)c1cc(N2CCN(C3CCNC3)CC2)ccn1. The molecule has 3 rings (SSSR count). The van der Waals surface area contributed by atoms with E-state index < -0.39 is 11.9 Å². The van der Waals surface area contributed by atoms with E-state index in [4.69, 9.17) is 0 Å². The van der Waals surface area contributed by atoms with Gasteiger partial charge in [0.1, 0.15) is 5.69 Å². The second kappa shape index (κ2) is 5.81. The number of piperazine rings is 1. The van der Waals surface area contributed by atoms with Crippen LogP contribution in [0.2, 0.25) is 0 Å². The summed E-state index contributed by atoms with van der Waals surface area (Å²) in [4.78, 5) is 7.86. The molecule has 1 N–H and O–H groups in total. The Bertz CT molecular complexity index is 477. The normalized spacial score (nSPS) is 24.5. The quantitative estimate of drug-likeness (QED) is 0.899. The van der Waals surface area contributed by atoms with Crippen molar-refractivity contribution in [2.45, 2.75) is 18.6 Å². The Morgan fingerprint density at radius 1 is 1.19 bits per heavy atom. The van der Waals surface area contributed by atoms with Gasteiger partial charge in [-0.05, 0) is 25.1 Å². The van der Waals surface area contributed by atoms with Crippen LogP contribution in [0.1, 0.15) is 12.1 Å². The molecule has 0 saturated carbocycles. The van der Waals surface area contributed by atoms with E-state index in [1.54, 1.807) is 6.07 Å². The number of nitrogens with one attached hydrogen (secondary N) is 1. The molecule has 0 amide bonds. The topological polar surface area (TPSA) is 31.4 Å². The number of hydrogen-bond donors (Lipinski definition) is 1. The van der Waals surface area contributed by atoms with Gasteiger partial charge in [0.2, 0.25) is 0 Å². The molecule has 0 bridgehead atoms. The number of aromatic nitrogens is 1. The predicted octanol–water partition coefficient (Wildman–Crippen LogP) is 1.58. The van der Waals surface area contributed by atoms with Gasteiger partial charge in [-0.15, -0.1) is 0 Å². The molecule has 3 heterocycles. The third-order valence-electron chi connectivity index (χ3n) is 4.26. The van der Waals surface area contributed by atoms with E-state index in [-0.39, 0.29) is 0 Å². The van der Waals surface area contributed by atoms with E-state index in [0.29, 0.717) is 11.7 Å². The second-order valence-electron chi connectivity index (χ2n) is 5.57. The van der Waals surface area contributed by atoms with Crippen LogP contribution in [0, 0.1) is 0 Å². The first-order valence-corrected chi connectivity index (χ1v) is 7.27. The maximum atomic E-state index is 12.7. The van der Waals surface area contributed by atoms with Crippen molar-refractivity contribution in [1.29, 1.82) is 0 Å². The summed E-state index contributed by atoms with van der Waals surface area (Å²) in [5.41, 5.74) is -0.205. The summed E-state index contributed by atoms with van der Waals surface area (Å²) in [6.45, 7) is 5.40. The number of halogens is 3.